The van der Waals surface area contributed by atoms with Crippen LogP contribution in [0.4, 0.5) is 0 Å². The zero-order valence-electron chi connectivity index (χ0n) is 13.7. The second-order valence-corrected chi connectivity index (χ2v) is 5.83. The summed E-state index contributed by atoms with van der Waals surface area (Å²) in [6.07, 6.45) is 6.14. The maximum Gasteiger partial charge on any atom is 0.255 e. The molecule has 2 aromatic carbocycles. The Morgan fingerprint density at radius 3 is 2.60 bits per heavy atom. The first kappa shape index (κ1) is 16.2. The van der Waals surface area contributed by atoms with Gasteiger partial charge in [-0.05, 0) is 41.7 Å². The fourth-order valence-electron chi connectivity index (χ4n) is 2.65. The molecule has 1 unspecified atom stereocenters. The Hall–Kier alpha value is -3.66. The highest BCUT2D eigenvalue weighted by Crippen LogP contribution is 2.31. The highest BCUT2D eigenvalue weighted by atomic mass is 16.5. The van der Waals surface area contributed by atoms with Crippen molar-refractivity contribution in [1.82, 2.24) is 4.90 Å². The van der Waals surface area contributed by atoms with Gasteiger partial charge < -0.3 is 4.74 Å². The van der Waals surface area contributed by atoms with Crippen LogP contribution in [0.25, 0.3) is 0 Å². The van der Waals surface area contributed by atoms with Gasteiger partial charge in [-0.2, -0.15) is 15.4 Å². The SMILES string of the molecule is CC(C#N)(CN1[C+]=NC=C1)c1ccc(Oc2ccccc2)cc1C#N. The molecule has 0 fully saturated rings. The van der Waals surface area contributed by atoms with Crippen molar-refractivity contribution in [2.45, 2.75) is 12.3 Å². The third kappa shape index (κ3) is 3.48. The molecular weight excluding hydrogens is 312 g/mol. The molecule has 1 heterocycles. The molecule has 1 aliphatic heterocycles. The van der Waals surface area contributed by atoms with Gasteiger partial charge in [0.2, 0.25) is 6.20 Å². The van der Waals surface area contributed by atoms with Gasteiger partial charge in [0.05, 0.1) is 24.2 Å². The molecule has 0 aromatic heterocycles. The predicted octanol–water partition coefficient (Wildman–Crippen LogP) is 3.82. The fraction of sp³-hybridized carbons (Fsp3) is 0.150. The highest BCUT2D eigenvalue weighted by Gasteiger charge is 2.34. The average molecular weight is 327 g/mol. The minimum atomic E-state index is -0.881. The molecule has 5 nitrogen and oxygen atoms in total. The lowest BCUT2D eigenvalue weighted by Crippen LogP contribution is -2.34. The van der Waals surface area contributed by atoms with E-state index in [1.165, 1.54) is 0 Å². The lowest BCUT2D eigenvalue weighted by atomic mass is 9.81. The number of benzene rings is 2. The average Bonchev–Trinajstić information content (AvgIpc) is 3.15. The van der Waals surface area contributed by atoms with Crippen molar-refractivity contribution in [3.8, 4) is 23.6 Å². The minimum Gasteiger partial charge on any atom is -0.457 e. The van der Waals surface area contributed by atoms with Crippen molar-refractivity contribution in [3.63, 3.8) is 0 Å². The van der Waals surface area contributed by atoms with E-state index in [-0.39, 0.29) is 0 Å². The van der Waals surface area contributed by atoms with Crippen LogP contribution >= 0.6 is 0 Å². The molecule has 0 N–H and O–H groups in total. The summed E-state index contributed by atoms with van der Waals surface area (Å²) in [5.41, 5.74) is 0.186. The topological polar surface area (TPSA) is 72.4 Å². The van der Waals surface area contributed by atoms with Gasteiger partial charge in [-0.25, -0.2) is 0 Å². The lowest BCUT2D eigenvalue weighted by molar-refractivity contribution is 0.451. The molecule has 1 aliphatic rings. The van der Waals surface area contributed by atoms with Crippen LogP contribution in [0.15, 0.2) is 65.9 Å². The van der Waals surface area contributed by atoms with Crippen molar-refractivity contribution < 1.29 is 4.74 Å². The number of rotatable bonds is 5. The van der Waals surface area contributed by atoms with Gasteiger partial charge in [0, 0.05) is 0 Å². The monoisotopic (exact) mass is 327 g/mol. The molecule has 0 amide bonds. The maximum atomic E-state index is 9.72. The Balaban J connectivity index is 1.90. The summed E-state index contributed by atoms with van der Waals surface area (Å²) in [5.74, 6) is 1.25. The third-order valence-corrected chi connectivity index (χ3v) is 3.93. The van der Waals surface area contributed by atoms with Crippen LogP contribution in [-0.2, 0) is 5.41 Å². The third-order valence-electron chi connectivity index (χ3n) is 3.93. The van der Waals surface area contributed by atoms with Gasteiger partial charge in [-0.1, -0.05) is 24.3 Å². The van der Waals surface area contributed by atoms with E-state index in [1.54, 1.807) is 42.4 Å². The number of hydrogen-bond acceptors (Lipinski definition) is 5. The van der Waals surface area contributed by atoms with Crippen LogP contribution in [0.1, 0.15) is 18.1 Å². The van der Waals surface area contributed by atoms with Crippen LogP contribution in [-0.4, -0.2) is 17.8 Å². The summed E-state index contributed by atoms with van der Waals surface area (Å²) < 4.78 is 5.77. The first-order valence-corrected chi connectivity index (χ1v) is 7.72. The second kappa shape index (κ2) is 6.84. The van der Waals surface area contributed by atoms with Crippen molar-refractivity contribution >= 4 is 6.34 Å². The Morgan fingerprint density at radius 1 is 1.16 bits per heavy atom. The first-order chi connectivity index (χ1) is 12.1. The van der Waals surface area contributed by atoms with Gasteiger partial charge >= 0.3 is 0 Å². The van der Waals surface area contributed by atoms with E-state index < -0.39 is 5.41 Å². The van der Waals surface area contributed by atoms with Gasteiger partial charge in [0.25, 0.3) is 6.34 Å². The van der Waals surface area contributed by atoms with Gasteiger partial charge in [0.1, 0.15) is 16.9 Å². The van der Waals surface area contributed by atoms with Gasteiger partial charge in [-0.3, -0.25) is 0 Å². The molecule has 0 aliphatic carbocycles. The summed E-state index contributed by atoms with van der Waals surface area (Å²) in [7, 11) is 0. The van der Waals surface area contributed by atoms with Crippen LogP contribution in [0.3, 0.4) is 0 Å². The largest absolute Gasteiger partial charge is 0.457 e. The van der Waals surface area contributed by atoms with Crippen LogP contribution in [0.2, 0.25) is 0 Å². The number of para-hydroxylation sites is 1. The molecule has 0 bridgehead atoms. The molecule has 0 saturated heterocycles. The van der Waals surface area contributed by atoms with E-state index in [4.69, 9.17) is 4.74 Å². The molecule has 3 rings (SSSR count). The van der Waals surface area contributed by atoms with E-state index in [1.807, 2.05) is 30.3 Å². The van der Waals surface area contributed by atoms with E-state index in [0.29, 0.717) is 29.2 Å². The quantitative estimate of drug-likeness (QED) is 0.783. The Labute approximate surface area is 146 Å². The second-order valence-electron chi connectivity index (χ2n) is 5.83. The smallest absolute Gasteiger partial charge is 0.255 e. The molecule has 5 heteroatoms. The number of ether oxygens (including phenoxy) is 1. The number of hydrogen-bond donors (Lipinski definition) is 0. The van der Waals surface area contributed by atoms with Crippen molar-refractivity contribution in [2.75, 3.05) is 6.54 Å². The normalized spacial score (nSPS) is 14.3. The Kier molecular flexibility index (Phi) is 4.44. The van der Waals surface area contributed by atoms with Crippen molar-refractivity contribution in [2.24, 2.45) is 4.99 Å². The molecular formula is C20H15N4O+. The van der Waals surface area contributed by atoms with Crippen molar-refractivity contribution in [1.29, 1.82) is 10.5 Å². The van der Waals surface area contributed by atoms with Crippen LogP contribution in [0.5, 0.6) is 11.5 Å². The fourth-order valence-corrected chi connectivity index (χ4v) is 2.65. The van der Waals surface area contributed by atoms with E-state index in [9.17, 15) is 10.5 Å². The Morgan fingerprint density at radius 2 is 1.96 bits per heavy atom. The van der Waals surface area contributed by atoms with Crippen molar-refractivity contribution in [3.05, 3.63) is 72.1 Å². The maximum absolute atomic E-state index is 9.72. The van der Waals surface area contributed by atoms with Gasteiger partial charge in [-0.15, -0.1) is 0 Å². The summed E-state index contributed by atoms with van der Waals surface area (Å²) in [6, 6.07) is 19.0. The minimum absolute atomic E-state index is 0.358. The zero-order chi connectivity index (χ0) is 17.7. The summed E-state index contributed by atoms with van der Waals surface area (Å²) >= 11 is 0. The summed E-state index contributed by atoms with van der Waals surface area (Å²) in [4.78, 5) is 5.59. The number of aliphatic imine (C=N–C) groups is 1. The zero-order valence-corrected chi connectivity index (χ0v) is 13.7. The number of nitrogens with zero attached hydrogens (tertiary/aromatic N) is 4. The summed E-state index contributed by atoms with van der Waals surface area (Å²) in [5, 5.41) is 19.3. The van der Waals surface area contributed by atoms with E-state index >= 15 is 0 Å². The van der Waals surface area contributed by atoms with Crippen LogP contribution < -0.4 is 4.74 Å². The molecule has 1 atom stereocenters. The molecule has 2 aromatic rings. The molecule has 0 radical (unpaired) electrons. The highest BCUT2D eigenvalue weighted by molar-refractivity contribution is 5.61. The predicted molar refractivity (Wildman–Crippen MR) is 93.9 cm³/mol. The standard InChI is InChI=1S/C20H15N4O/c1-20(13-22,14-24-10-9-23-15-24)19-8-7-18(11-16(19)12-21)25-17-5-3-2-4-6-17/h2-11H,14H2,1H3/q+1. The van der Waals surface area contributed by atoms with Crippen LogP contribution in [0, 0.1) is 22.7 Å². The summed E-state index contributed by atoms with van der Waals surface area (Å²) in [6.45, 7) is 2.16. The van der Waals surface area contributed by atoms with E-state index in [2.05, 4.69) is 23.5 Å². The molecule has 25 heavy (non-hydrogen) atoms. The molecule has 0 saturated carbocycles. The lowest BCUT2D eigenvalue weighted by Gasteiger charge is -2.24. The first-order valence-electron chi connectivity index (χ1n) is 7.72. The Bertz CT molecular complexity index is 894. The molecule has 0 spiro atoms. The molecule has 120 valence electrons. The number of nitriles is 2. The van der Waals surface area contributed by atoms with Gasteiger partial charge in [0.15, 0.2) is 6.20 Å². The van der Waals surface area contributed by atoms with E-state index in [0.717, 1.165) is 0 Å².